The molecule has 3 rings (SSSR count). The number of nitrogens with zero attached hydrogens (tertiary/aromatic N) is 1. The number of benzene rings is 2. The topological polar surface area (TPSA) is 135 Å². The van der Waals surface area contributed by atoms with Crippen LogP contribution in [0.1, 0.15) is 34.3 Å². The van der Waals surface area contributed by atoms with Crippen LogP contribution in [0, 0.1) is 17.2 Å². The Balaban J connectivity index is 1.88. The fourth-order valence-corrected chi connectivity index (χ4v) is 4.63. The highest BCUT2D eigenvalue weighted by molar-refractivity contribution is 8.03. The Morgan fingerprint density at radius 3 is 2.28 bits per heavy atom. The van der Waals surface area contributed by atoms with Crippen molar-refractivity contribution in [3.8, 4) is 6.07 Å². The van der Waals surface area contributed by atoms with Crippen molar-refractivity contribution >= 4 is 41.2 Å². The van der Waals surface area contributed by atoms with E-state index < -0.39 is 29.7 Å². The summed E-state index contributed by atoms with van der Waals surface area (Å²) in [5, 5.41) is 15.5. The number of nitriles is 1. The van der Waals surface area contributed by atoms with Gasteiger partial charge in [-0.25, -0.2) is 4.79 Å². The van der Waals surface area contributed by atoms with E-state index in [1.54, 1.807) is 24.3 Å². The van der Waals surface area contributed by atoms with Gasteiger partial charge in [0.15, 0.2) is 0 Å². The number of carbonyl (C=O) groups is 4. The minimum absolute atomic E-state index is 0.0762. The number of carbonyl (C=O) groups excluding carboxylic acids is 4. The zero-order chi connectivity index (χ0) is 26.2. The quantitative estimate of drug-likeness (QED) is 0.411. The van der Waals surface area contributed by atoms with E-state index in [-0.39, 0.29) is 27.8 Å². The second kappa shape index (κ2) is 12.0. The van der Waals surface area contributed by atoms with Crippen LogP contribution in [0.3, 0.4) is 0 Å². The van der Waals surface area contributed by atoms with Crippen molar-refractivity contribution in [2.24, 2.45) is 5.92 Å². The van der Waals surface area contributed by atoms with E-state index in [2.05, 4.69) is 16.7 Å². The highest BCUT2D eigenvalue weighted by Gasteiger charge is 2.44. The number of rotatable bonds is 8. The Morgan fingerprint density at radius 1 is 1.06 bits per heavy atom. The highest BCUT2D eigenvalue weighted by Crippen LogP contribution is 2.40. The Morgan fingerprint density at radius 2 is 1.72 bits per heavy atom. The SMILES string of the molecule is CCc1ccc(NC(=O)CSC2=C(C#N)[C@H](c3ccc(C(=O)OC)cc3)[C@@H](C(=O)OC)C(=O)N2)cc1. The maximum absolute atomic E-state index is 12.9. The number of nitrogens with one attached hydrogen (secondary N) is 2. The average Bonchev–Trinajstić information content (AvgIpc) is 2.91. The molecule has 186 valence electrons. The van der Waals surface area contributed by atoms with Crippen molar-refractivity contribution in [3.05, 3.63) is 75.8 Å². The van der Waals surface area contributed by atoms with Crippen LogP contribution in [0.2, 0.25) is 0 Å². The lowest BCUT2D eigenvalue weighted by Gasteiger charge is -2.31. The van der Waals surface area contributed by atoms with Crippen molar-refractivity contribution in [2.45, 2.75) is 19.3 Å². The number of aryl methyl sites for hydroxylation is 1. The molecule has 2 aromatic carbocycles. The first-order chi connectivity index (χ1) is 17.3. The minimum atomic E-state index is -1.32. The number of hydrogen-bond acceptors (Lipinski definition) is 8. The van der Waals surface area contributed by atoms with Crippen LogP contribution in [0.5, 0.6) is 0 Å². The molecule has 0 saturated heterocycles. The third kappa shape index (κ3) is 5.93. The molecule has 1 aliphatic rings. The molecule has 0 fully saturated rings. The fourth-order valence-electron chi connectivity index (χ4n) is 3.78. The van der Waals surface area contributed by atoms with Crippen molar-refractivity contribution in [1.29, 1.82) is 5.26 Å². The molecule has 0 saturated carbocycles. The van der Waals surface area contributed by atoms with E-state index in [4.69, 9.17) is 9.47 Å². The predicted octanol–water partition coefficient (Wildman–Crippen LogP) is 3.15. The van der Waals surface area contributed by atoms with E-state index >= 15 is 0 Å². The number of hydrogen-bond donors (Lipinski definition) is 2. The summed E-state index contributed by atoms with van der Waals surface area (Å²) in [6, 6.07) is 15.6. The molecule has 0 unspecified atom stereocenters. The predicted molar refractivity (Wildman–Crippen MR) is 134 cm³/mol. The van der Waals surface area contributed by atoms with E-state index in [1.165, 1.54) is 19.2 Å². The van der Waals surface area contributed by atoms with Crippen molar-refractivity contribution in [2.75, 3.05) is 25.3 Å². The fraction of sp³-hybridized carbons (Fsp3) is 0.269. The van der Waals surface area contributed by atoms with Gasteiger partial charge in [0.05, 0.1) is 42.2 Å². The maximum Gasteiger partial charge on any atom is 0.337 e. The number of methoxy groups -OCH3 is 2. The van der Waals surface area contributed by atoms with Gasteiger partial charge in [0.2, 0.25) is 11.8 Å². The number of esters is 2. The molecule has 2 atom stereocenters. The number of allylic oxidation sites excluding steroid dienone is 1. The van der Waals surface area contributed by atoms with Crippen LogP contribution in [0.15, 0.2) is 59.1 Å². The van der Waals surface area contributed by atoms with Crippen molar-refractivity contribution in [3.63, 3.8) is 0 Å². The minimum Gasteiger partial charge on any atom is -0.468 e. The van der Waals surface area contributed by atoms with Gasteiger partial charge in [-0.1, -0.05) is 43.0 Å². The molecular formula is C26H25N3O6S. The smallest absolute Gasteiger partial charge is 0.337 e. The van der Waals surface area contributed by atoms with Gasteiger partial charge in [-0.2, -0.15) is 5.26 Å². The summed E-state index contributed by atoms with van der Waals surface area (Å²) in [7, 11) is 2.41. The molecule has 2 amide bonds. The summed E-state index contributed by atoms with van der Waals surface area (Å²) in [6.07, 6.45) is 0.883. The van der Waals surface area contributed by atoms with Crippen LogP contribution >= 0.6 is 11.8 Å². The van der Waals surface area contributed by atoms with Gasteiger partial charge in [0, 0.05) is 11.6 Å². The normalized spacial score (nSPS) is 17.0. The third-order valence-electron chi connectivity index (χ3n) is 5.67. The summed E-state index contributed by atoms with van der Waals surface area (Å²) in [5.74, 6) is -4.68. The molecule has 9 nitrogen and oxygen atoms in total. The van der Waals surface area contributed by atoms with Crippen molar-refractivity contribution in [1.82, 2.24) is 5.32 Å². The lowest BCUT2D eigenvalue weighted by molar-refractivity contribution is -0.150. The number of ether oxygens (including phenoxy) is 2. The molecule has 0 spiro atoms. The van der Waals surface area contributed by atoms with Crippen LogP contribution in [0.4, 0.5) is 5.69 Å². The van der Waals surface area contributed by atoms with Gasteiger partial charge in [-0.05, 0) is 41.8 Å². The third-order valence-corrected chi connectivity index (χ3v) is 6.69. The summed E-state index contributed by atoms with van der Waals surface area (Å²) >= 11 is 0.987. The molecule has 0 aliphatic carbocycles. The molecule has 1 heterocycles. The van der Waals surface area contributed by atoms with E-state index in [0.29, 0.717) is 11.3 Å². The lowest BCUT2D eigenvalue weighted by Crippen LogP contribution is -2.44. The molecule has 0 bridgehead atoms. The molecule has 1 aliphatic heterocycles. The largest absolute Gasteiger partial charge is 0.468 e. The van der Waals surface area contributed by atoms with Gasteiger partial charge in [-0.15, -0.1) is 0 Å². The van der Waals surface area contributed by atoms with Crippen molar-refractivity contribution < 1.29 is 28.7 Å². The Hall–Kier alpha value is -4.10. The zero-order valence-corrected chi connectivity index (χ0v) is 20.8. The first kappa shape index (κ1) is 26.5. The molecule has 36 heavy (non-hydrogen) atoms. The molecule has 10 heteroatoms. The first-order valence-corrected chi connectivity index (χ1v) is 12.0. The molecular weight excluding hydrogens is 482 g/mol. The van der Waals surface area contributed by atoms with Gasteiger partial charge in [0.25, 0.3) is 0 Å². The second-order valence-electron chi connectivity index (χ2n) is 7.82. The number of amides is 2. The Kier molecular flexibility index (Phi) is 8.86. The summed E-state index contributed by atoms with van der Waals surface area (Å²) in [6.45, 7) is 2.04. The average molecular weight is 508 g/mol. The van der Waals surface area contributed by atoms with Crippen LogP contribution in [-0.2, 0) is 30.3 Å². The van der Waals surface area contributed by atoms with Gasteiger partial charge >= 0.3 is 11.9 Å². The number of thioether (sulfide) groups is 1. The van der Waals surface area contributed by atoms with Gasteiger partial charge < -0.3 is 20.1 Å². The molecule has 0 radical (unpaired) electrons. The Labute approximate surface area is 212 Å². The standard InChI is InChI=1S/C26H25N3O6S/c1-4-15-5-11-18(12-6-15)28-20(30)14-36-24-19(13-27)21(22(23(31)29-24)26(33)35-3)16-7-9-17(10-8-16)25(32)34-2/h5-12,21-22H,4,14H2,1-3H3,(H,28,30)(H,29,31)/t21-,22+/m0/s1. The summed E-state index contributed by atoms with van der Waals surface area (Å²) in [4.78, 5) is 49.7. The lowest BCUT2D eigenvalue weighted by atomic mass is 9.78. The van der Waals surface area contributed by atoms with Crippen LogP contribution in [0.25, 0.3) is 0 Å². The molecule has 2 N–H and O–H groups in total. The van der Waals surface area contributed by atoms with Gasteiger partial charge in [0.1, 0.15) is 5.92 Å². The second-order valence-corrected chi connectivity index (χ2v) is 8.81. The molecule has 0 aromatic heterocycles. The summed E-state index contributed by atoms with van der Waals surface area (Å²) in [5.41, 5.74) is 2.62. The summed E-state index contributed by atoms with van der Waals surface area (Å²) < 4.78 is 9.53. The highest BCUT2D eigenvalue weighted by atomic mass is 32.2. The van der Waals surface area contributed by atoms with E-state index in [1.807, 2.05) is 19.1 Å². The van der Waals surface area contributed by atoms with E-state index in [9.17, 15) is 24.4 Å². The van der Waals surface area contributed by atoms with Crippen LogP contribution in [-0.4, -0.2) is 43.7 Å². The van der Waals surface area contributed by atoms with Gasteiger partial charge in [-0.3, -0.25) is 14.4 Å². The molecule has 2 aromatic rings. The Bertz CT molecular complexity index is 1230. The zero-order valence-electron chi connectivity index (χ0n) is 20.0. The first-order valence-electron chi connectivity index (χ1n) is 11.1. The van der Waals surface area contributed by atoms with Crippen LogP contribution < -0.4 is 10.6 Å². The monoisotopic (exact) mass is 507 g/mol. The number of anilines is 1. The maximum atomic E-state index is 12.9. The van der Waals surface area contributed by atoms with E-state index in [0.717, 1.165) is 30.9 Å².